The largest absolute Gasteiger partial charge is 0.478 e. The number of hydrogen-bond acceptors (Lipinski definition) is 2. The van der Waals surface area contributed by atoms with E-state index in [9.17, 15) is 9.90 Å². The second-order valence-corrected chi connectivity index (χ2v) is 8.20. The number of benzene rings is 2. The van der Waals surface area contributed by atoms with Crippen LogP contribution in [0.25, 0.3) is 33.3 Å². The zero-order valence-corrected chi connectivity index (χ0v) is 17.0. The minimum atomic E-state index is -0.839. The standard InChI is InChI=1S/C26H24N2O2/c1-28-16-24(23-14-20(15-27-25(23)28)17-7-3-2-4-8-17)19-11-12-21(26(29)30)22(13-19)18-9-5-6-10-18/h2-4,7-8,11-16,18H,5-6,9-10H2,1H3,(H,29,30). The normalized spacial score (nSPS) is 14.4. The monoisotopic (exact) mass is 396 g/mol. The molecular formula is C26H24N2O2. The van der Waals surface area contributed by atoms with Crippen molar-refractivity contribution in [1.82, 2.24) is 9.55 Å². The van der Waals surface area contributed by atoms with Crippen molar-refractivity contribution in [2.45, 2.75) is 31.6 Å². The second-order valence-electron chi connectivity index (χ2n) is 8.20. The maximum absolute atomic E-state index is 11.8. The summed E-state index contributed by atoms with van der Waals surface area (Å²) < 4.78 is 2.04. The van der Waals surface area contributed by atoms with E-state index in [0.29, 0.717) is 11.5 Å². The van der Waals surface area contributed by atoms with Crippen LogP contribution in [0.1, 0.15) is 47.5 Å². The van der Waals surface area contributed by atoms with Crippen LogP contribution in [0.15, 0.2) is 67.0 Å². The molecule has 1 saturated carbocycles. The second kappa shape index (κ2) is 7.45. The van der Waals surface area contributed by atoms with Gasteiger partial charge in [0.05, 0.1) is 5.56 Å². The first kappa shape index (κ1) is 18.6. The molecule has 5 rings (SSSR count). The van der Waals surface area contributed by atoms with Gasteiger partial charge in [0.25, 0.3) is 0 Å². The molecule has 0 radical (unpaired) electrons. The van der Waals surface area contributed by atoms with Gasteiger partial charge in [0.2, 0.25) is 0 Å². The van der Waals surface area contributed by atoms with Crippen molar-refractivity contribution in [2.24, 2.45) is 7.05 Å². The molecule has 1 N–H and O–H groups in total. The third-order valence-corrected chi connectivity index (χ3v) is 6.31. The van der Waals surface area contributed by atoms with Gasteiger partial charge in [-0.1, -0.05) is 49.2 Å². The van der Waals surface area contributed by atoms with E-state index in [-0.39, 0.29) is 0 Å². The number of aryl methyl sites for hydroxylation is 1. The first-order chi connectivity index (χ1) is 14.6. The summed E-state index contributed by atoms with van der Waals surface area (Å²) in [6.07, 6.45) is 8.50. The molecule has 0 saturated heterocycles. The molecule has 4 heteroatoms. The molecule has 0 aliphatic heterocycles. The van der Waals surface area contributed by atoms with Gasteiger partial charge in [-0.15, -0.1) is 0 Å². The van der Waals surface area contributed by atoms with Crippen LogP contribution >= 0.6 is 0 Å². The number of carboxylic acid groups (broad SMARTS) is 1. The highest BCUT2D eigenvalue weighted by Gasteiger charge is 2.23. The Balaban J connectivity index is 1.67. The van der Waals surface area contributed by atoms with Gasteiger partial charge >= 0.3 is 5.97 Å². The summed E-state index contributed by atoms with van der Waals surface area (Å²) in [6.45, 7) is 0. The number of carboxylic acids is 1. The van der Waals surface area contributed by atoms with E-state index in [1.165, 1.54) is 12.8 Å². The quantitative estimate of drug-likeness (QED) is 0.443. The summed E-state index contributed by atoms with van der Waals surface area (Å²) in [4.78, 5) is 16.5. The van der Waals surface area contributed by atoms with Crippen molar-refractivity contribution >= 4 is 17.0 Å². The van der Waals surface area contributed by atoms with E-state index in [2.05, 4.69) is 30.5 Å². The lowest BCUT2D eigenvalue weighted by Crippen LogP contribution is -2.05. The topological polar surface area (TPSA) is 55.1 Å². The Hall–Kier alpha value is -3.40. The highest BCUT2D eigenvalue weighted by Crippen LogP contribution is 2.39. The summed E-state index contributed by atoms with van der Waals surface area (Å²) in [5, 5.41) is 10.8. The van der Waals surface area contributed by atoms with Crippen LogP contribution in [0.4, 0.5) is 0 Å². The van der Waals surface area contributed by atoms with Crippen LogP contribution in [0.5, 0.6) is 0 Å². The number of hydrogen-bond donors (Lipinski definition) is 1. The van der Waals surface area contributed by atoms with Gasteiger partial charge in [0.1, 0.15) is 5.65 Å². The molecule has 2 heterocycles. The lowest BCUT2D eigenvalue weighted by Gasteiger charge is -2.15. The van der Waals surface area contributed by atoms with E-state index in [1.54, 1.807) is 6.07 Å². The van der Waals surface area contributed by atoms with Crippen LogP contribution < -0.4 is 0 Å². The number of aromatic carboxylic acids is 1. The predicted molar refractivity (Wildman–Crippen MR) is 120 cm³/mol. The number of aromatic nitrogens is 2. The van der Waals surface area contributed by atoms with E-state index in [4.69, 9.17) is 4.98 Å². The van der Waals surface area contributed by atoms with E-state index < -0.39 is 5.97 Å². The predicted octanol–water partition coefficient (Wildman–Crippen LogP) is 6.26. The number of nitrogens with zero attached hydrogens (tertiary/aromatic N) is 2. The Morgan fingerprint density at radius 2 is 1.77 bits per heavy atom. The summed E-state index contributed by atoms with van der Waals surface area (Å²) in [5.74, 6) is -0.501. The molecular weight excluding hydrogens is 372 g/mol. The number of pyridine rings is 1. The molecule has 0 unspecified atom stereocenters. The third kappa shape index (κ3) is 3.18. The van der Waals surface area contributed by atoms with Gasteiger partial charge in [-0.2, -0.15) is 0 Å². The molecule has 2 aromatic carbocycles. The molecule has 150 valence electrons. The molecule has 30 heavy (non-hydrogen) atoms. The van der Waals surface area contributed by atoms with Crippen molar-refractivity contribution in [2.75, 3.05) is 0 Å². The smallest absolute Gasteiger partial charge is 0.335 e. The van der Waals surface area contributed by atoms with Crippen molar-refractivity contribution in [3.05, 3.63) is 78.1 Å². The minimum Gasteiger partial charge on any atom is -0.478 e. The van der Waals surface area contributed by atoms with Gasteiger partial charge in [-0.25, -0.2) is 9.78 Å². The summed E-state index contributed by atoms with van der Waals surface area (Å²) in [6, 6.07) is 18.3. The molecule has 0 atom stereocenters. The fraction of sp³-hybridized carbons (Fsp3) is 0.231. The Labute approximate surface area is 175 Å². The van der Waals surface area contributed by atoms with Crippen LogP contribution in [0, 0.1) is 0 Å². The fourth-order valence-corrected chi connectivity index (χ4v) is 4.78. The van der Waals surface area contributed by atoms with Crippen LogP contribution in [0.2, 0.25) is 0 Å². The summed E-state index contributed by atoms with van der Waals surface area (Å²) in [5.41, 5.74) is 6.70. The van der Waals surface area contributed by atoms with Gasteiger partial charge < -0.3 is 9.67 Å². The minimum absolute atomic E-state index is 0.337. The lowest BCUT2D eigenvalue weighted by molar-refractivity contribution is 0.0695. The fourth-order valence-electron chi connectivity index (χ4n) is 4.78. The van der Waals surface area contributed by atoms with Gasteiger partial charge in [0.15, 0.2) is 0 Å². The Kier molecular flexibility index (Phi) is 4.62. The molecule has 1 aliphatic carbocycles. The molecule has 1 fully saturated rings. The zero-order valence-electron chi connectivity index (χ0n) is 17.0. The highest BCUT2D eigenvalue weighted by atomic mass is 16.4. The maximum atomic E-state index is 11.8. The van der Waals surface area contributed by atoms with Gasteiger partial charge in [-0.3, -0.25) is 0 Å². The lowest BCUT2D eigenvalue weighted by atomic mass is 9.89. The average molecular weight is 396 g/mol. The molecule has 0 bridgehead atoms. The van der Waals surface area contributed by atoms with Crippen molar-refractivity contribution < 1.29 is 9.90 Å². The first-order valence-corrected chi connectivity index (χ1v) is 10.5. The van der Waals surface area contributed by atoms with Crippen LogP contribution in [0.3, 0.4) is 0 Å². The molecule has 0 amide bonds. The van der Waals surface area contributed by atoms with Crippen molar-refractivity contribution in [3.63, 3.8) is 0 Å². The van der Waals surface area contributed by atoms with E-state index in [0.717, 1.165) is 51.7 Å². The van der Waals surface area contributed by atoms with E-state index >= 15 is 0 Å². The molecule has 4 nitrogen and oxygen atoms in total. The highest BCUT2D eigenvalue weighted by molar-refractivity contribution is 5.97. The Morgan fingerprint density at radius 3 is 2.50 bits per heavy atom. The summed E-state index contributed by atoms with van der Waals surface area (Å²) in [7, 11) is 2.00. The number of fused-ring (bicyclic) bond motifs is 1. The molecule has 4 aromatic rings. The molecule has 1 aliphatic rings. The maximum Gasteiger partial charge on any atom is 0.335 e. The Bertz CT molecular complexity index is 1230. The summed E-state index contributed by atoms with van der Waals surface area (Å²) >= 11 is 0. The van der Waals surface area contributed by atoms with Crippen molar-refractivity contribution in [3.8, 4) is 22.3 Å². The molecule has 2 aromatic heterocycles. The zero-order chi connectivity index (χ0) is 20.7. The van der Waals surface area contributed by atoms with Gasteiger partial charge in [0, 0.05) is 36.0 Å². The number of rotatable bonds is 4. The number of carbonyl (C=O) groups is 1. The molecule has 0 spiro atoms. The van der Waals surface area contributed by atoms with Crippen LogP contribution in [-0.2, 0) is 7.05 Å². The van der Waals surface area contributed by atoms with E-state index in [1.807, 2.05) is 42.1 Å². The third-order valence-electron chi connectivity index (χ3n) is 6.31. The van der Waals surface area contributed by atoms with Crippen molar-refractivity contribution in [1.29, 1.82) is 0 Å². The first-order valence-electron chi connectivity index (χ1n) is 10.5. The van der Waals surface area contributed by atoms with Gasteiger partial charge in [-0.05, 0) is 53.6 Å². The Morgan fingerprint density at radius 1 is 1.00 bits per heavy atom. The average Bonchev–Trinajstić information content (AvgIpc) is 3.42. The SMILES string of the molecule is Cn1cc(-c2ccc(C(=O)O)c(C3CCCC3)c2)c2cc(-c3ccccc3)cnc21. The van der Waals surface area contributed by atoms with Crippen LogP contribution in [-0.4, -0.2) is 20.6 Å².